The maximum Gasteiger partial charge on any atom is 0.0602 e. The Kier molecular flexibility index (Phi) is 6.61. The van der Waals surface area contributed by atoms with Gasteiger partial charge in [-0.05, 0) is 37.5 Å². The van der Waals surface area contributed by atoms with E-state index in [0.29, 0.717) is 17.9 Å². The highest BCUT2D eigenvalue weighted by atomic mass is 16.3. The fourth-order valence-corrected chi connectivity index (χ4v) is 2.98. The van der Waals surface area contributed by atoms with Gasteiger partial charge in [0.15, 0.2) is 0 Å². The molecular weight excluding hydrogens is 224 g/mol. The Labute approximate surface area is 113 Å². The van der Waals surface area contributed by atoms with Gasteiger partial charge in [0.05, 0.1) is 6.61 Å². The van der Waals surface area contributed by atoms with Crippen molar-refractivity contribution in [3.63, 3.8) is 0 Å². The van der Waals surface area contributed by atoms with E-state index in [0.717, 1.165) is 19.4 Å². The molecule has 0 aliphatic heterocycles. The molecule has 3 nitrogen and oxygen atoms in total. The van der Waals surface area contributed by atoms with Crippen LogP contribution < -0.4 is 5.73 Å². The molecule has 0 radical (unpaired) electrons. The lowest BCUT2D eigenvalue weighted by atomic mass is 9.97. The average molecular weight is 256 g/mol. The van der Waals surface area contributed by atoms with E-state index in [4.69, 9.17) is 5.73 Å². The van der Waals surface area contributed by atoms with Crippen LogP contribution in [0.15, 0.2) is 0 Å². The maximum absolute atomic E-state index is 9.77. The average Bonchev–Trinajstić information content (AvgIpc) is 3.14. The summed E-state index contributed by atoms with van der Waals surface area (Å²) >= 11 is 0. The van der Waals surface area contributed by atoms with Gasteiger partial charge in [-0.3, -0.25) is 4.90 Å². The fourth-order valence-electron chi connectivity index (χ4n) is 2.98. The van der Waals surface area contributed by atoms with Gasteiger partial charge >= 0.3 is 0 Å². The molecule has 0 aromatic heterocycles. The van der Waals surface area contributed by atoms with Crippen LogP contribution in [0.5, 0.6) is 0 Å². The second-order valence-corrected chi connectivity index (χ2v) is 6.23. The maximum atomic E-state index is 9.77. The van der Waals surface area contributed by atoms with Crippen LogP contribution in [0, 0.1) is 11.8 Å². The van der Waals surface area contributed by atoms with Crippen molar-refractivity contribution >= 4 is 0 Å². The van der Waals surface area contributed by atoms with Crippen LogP contribution in [0.1, 0.15) is 53.4 Å². The molecule has 0 aromatic rings. The molecule has 1 aliphatic rings. The van der Waals surface area contributed by atoms with Gasteiger partial charge < -0.3 is 10.8 Å². The van der Waals surface area contributed by atoms with E-state index >= 15 is 0 Å². The van der Waals surface area contributed by atoms with Crippen molar-refractivity contribution in [3.8, 4) is 0 Å². The van der Waals surface area contributed by atoms with Crippen LogP contribution in [0.3, 0.4) is 0 Å². The molecule has 2 unspecified atom stereocenters. The molecule has 2 atom stereocenters. The van der Waals surface area contributed by atoms with E-state index in [2.05, 4.69) is 32.6 Å². The first kappa shape index (κ1) is 15.9. The minimum Gasteiger partial charge on any atom is -0.395 e. The van der Waals surface area contributed by atoms with Crippen LogP contribution in [0.25, 0.3) is 0 Å². The van der Waals surface area contributed by atoms with Gasteiger partial charge in [0.2, 0.25) is 0 Å². The molecular formula is C15H32N2O. The minimum atomic E-state index is 0.143. The SMILES string of the molecule is CCC(CC)N(CC(C)C)C(CO)C(N)C1CC1. The molecule has 0 aromatic carbocycles. The molecule has 0 heterocycles. The Bertz CT molecular complexity index is 225. The summed E-state index contributed by atoms with van der Waals surface area (Å²) in [6.45, 7) is 10.2. The van der Waals surface area contributed by atoms with Crippen molar-refractivity contribution in [2.75, 3.05) is 13.2 Å². The highest BCUT2D eigenvalue weighted by Gasteiger charge is 2.37. The summed E-state index contributed by atoms with van der Waals surface area (Å²) in [6.07, 6.45) is 4.76. The molecule has 0 amide bonds. The van der Waals surface area contributed by atoms with Crippen molar-refractivity contribution in [2.45, 2.75) is 71.5 Å². The Morgan fingerprint density at radius 3 is 2.11 bits per heavy atom. The number of aliphatic hydroxyl groups excluding tert-OH is 1. The quantitative estimate of drug-likeness (QED) is 0.665. The third-order valence-electron chi connectivity index (χ3n) is 4.21. The van der Waals surface area contributed by atoms with Crippen LogP contribution in [-0.4, -0.2) is 41.3 Å². The molecule has 0 saturated heterocycles. The Morgan fingerprint density at radius 2 is 1.78 bits per heavy atom. The Hall–Kier alpha value is -0.120. The van der Waals surface area contributed by atoms with Crippen LogP contribution in [0.2, 0.25) is 0 Å². The molecule has 18 heavy (non-hydrogen) atoms. The van der Waals surface area contributed by atoms with Crippen molar-refractivity contribution in [1.82, 2.24) is 4.90 Å². The fraction of sp³-hybridized carbons (Fsp3) is 1.00. The number of nitrogens with two attached hydrogens (primary N) is 1. The molecule has 1 fully saturated rings. The predicted octanol–water partition coefficient (Wildman–Crippen LogP) is 2.23. The summed E-state index contributed by atoms with van der Waals surface area (Å²) in [6, 6.07) is 0.841. The summed E-state index contributed by atoms with van der Waals surface area (Å²) in [5.41, 5.74) is 6.36. The van der Waals surface area contributed by atoms with Crippen LogP contribution >= 0.6 is 0 Å². The smallest absolute Gasteiger partial charge is 0.0602 e. The zero-order chi connectivity index (χ0) is 13.7. The highest BCUT2D eigenvalue weighted by Crippen LogP contribution is 2.34. The second-order valence-electron chi connectivity index (χ2n) is 6.23. The van der Waals surface area contributed by atoms with Crippen molar-refractivity contribution in [3.05, 3.63) is 0 Å². The topological polar surface area (TPSA) is 49.5 Å². The number of hydrogen-bond donors (Lipinski definition) is 2. The van der Waals surface area contributed by atoms with Gasteiger partial charge in [-0.1, -0.05) is 27.7 Å². The van der Waals surface area contributed by atoms with Gasteiger partial charge in [0.1, 0.15) is 0 Å². The van der Waals surface area contributed by atoms with E-state index in [1.54, 1.807) is 0 Å². The number of rotatable bonds is 9. The van der Waals surface area contributed by atoms with Gasteiger partial charge in [0, 0.05) is 24.7 Å². The standard InChI is InChI=1S/C15H32N2O/c1-5-13(6-2)17(9-11(3)4)14(10-18)15(16)12-7-8-12/h11-15,18H,5-10,16H2,1-4H3. The van der Waals surface area contributed by atoms with E-state index in [9.17, 15) is 5.11 Å². The Balaban J connectivity index is 2.75. The number of nitrogens with zero attached hydrogens (tertiary/aromatic N) is 1. The van der Waals surface area contributed by atoms with Gasteiger partial charge in [-0.2, -0.15) is 0 Å². The number of hydrogen-bond acceptors (Lipinski definition) is 3. The predicted molar refractivity (Wildman–Crippen MR) is 77.5 cm³/mol. The summed E-state index contributed by atoms with van der Waals surface area (Å²) < 4.78 is 0. The minimum absolute atomic E-state index is 0.143. The zero-order valence-electron chi connectivity index (χ0n) is 12.6. The summed E-state index contributed by atoms with van der Waals surface area (Å²) in [4.78, 5) is 2.48. The Morgan fingerprint density at radius 1 is 1.22 bits per heavy atom. The molecule has 0 spiro atoms. The lowest BCUT2D eigenvalue weighted by molar-refractivity contribution is 0.0484. The first-order valence-corrected chi connectivity index (χ1v) is 7.67. The largest absolute Gasteiger partial charge is 0.395 e. The van der Waals surface area contributed by atoms with E-state index < -0.39 is 0 Å². The lowest BCUT2D eigenvalue weighted by Gasteiger charge is -2.40. The normalized spacial score (nSPS) is 19.8. The van der Waals surface area contributed by atoms with Crippen LogP contribution in [0.4, 0.5) is 0 Å². The third-order valence-corrected chi connectivity index (χ3v) is 4.21. The first-order valence-electron chi connectivity index (χ1n) is 7.67. The molecule has 1 saturated carbocycles. The van der Waals surface area contributed by atoms with E-state index in [-0.39, 0.29) is 18.7 Å². The second kappa shape index (κ2) is 7.46. The molecule has 1 rings (SSSR count). The third kappa shape index (κ3) is 4.22. The van der Waals surface area contributed by atoms with E-state index in [1.807, 2.05) is 0 Å². The van der Waals surface area contributed by atoms with Crippen molar-refractivity contribution in [2.24, 2.45) is 17.6 Å². The summed E-state index contributed by atoms with van der Waals surface area (Å²) in [7, 11) is 0. The molecule has 3 heteroatoms. The highest BCUT2D eigenvalue weighted by molar-refractivity contribution is 4.94. The first-order chi connectivity index (χ1) is 8.54. The van der Waals surface area contributed by atoms with Gasteiger partial charge in [-0.25, -0.2) is 0 Å². The van der Waals surface area contributed by atoms with Gasteiger partial charge in [0.25, 0.3) is 0 Å². The molecule has 0 bridgehead atoms. The van der Waals surface area contributed by atoms with Gasteiger partial charge in [-0.15, -0.1) is 0 Å². The molecule has 3 N–H and O–H groups in total. The lowest BCUT2D eigenvalue weighted by Crippen LogP contribution is -2.55. The summed E-state index contributed by atoms with van der Waals surface area (Å²) in [5.74, 6) is 1.26. The number of aliphatic hydroxyl groups is 1. The van der Waals surface area contributed by atoms with Crippen molar-refractivity contribution < 1.29 is 5.11 Å². The monoisotopic (exact) mass is 256 g/mol. The zero-order valence-corrected chi connectivity index (χ0v) is 12.6. The molecule has 108 valence electrons. The molecule has 1 aliphatic carbocycles. The van der Waals surface area contributed by atoms with E-state index in [1.165, 1.54) is 12.8 Å². The van der Waals surface area contributed by atoms with Crippen LogP contribution in [-0.2, 0) is 0 Å². The van der Waals surface area contributed by atoms with Crippen molar-refractivity contribution in [1.29, 1.82) is 0 Å². The summed E-state index contributed by atoms with van der Waals surface area (Å²) in [5, 5.41) is 9.77.